The zero-order valence-electron chi connectivity index (χ0n) is 17.9. The summed E-state index contributed by atoms with van der Waals surface area (Å²) in [5.74, 6) is -0.829. The van der Waals surface area contributed by atoms with Crippen LogP contribution in [0.2, 0.25) is 0 Å². The molecule has 10 heteroatoms. The molecule has 3 rings (SSSR count). The Morgan fingerprint density at radius 3 is 2.56 bits per heavy atom. The number of carbonyl (C=O) groups is 4. The number of anilines is 1. The summed E-state index contributed by atoms with van der Waals surface area (Å²) in [5.41, 5.74) is 2.13. The Morgan fingerprint density at radius 2 is 1.97 bits per heavy atom. The molecule has 2 amide bonds. The molecule has 0 unspecified atom stereocenters. The van der Waals surface area contributed by atoms with Gasteiger partial charge in [-0.05, 0) is 36.8 Å². The number of benzene rings is 1. The minimum atomic E-state index is -0.687. The molecule has 2 N–H and O–H groups in total. The number of ketones is 1. The van der Waals surface area contributed by atoms with Gasteiger partial charge >= 0.3 is 5.97 Å². The molecule has 1 aromatic carbocycles. The van der Waals surface area contributed by atoms with Gasteiger partial charge < -0.3 is 19.9 Å². The Hall–Kier alpha value is -3.58. The fourth-order valence-electron chi connectivity index (χ4n) is 3.53. The molecule has 0 saturated carbocycles. The van der Waals surface area contributed by atoms with E-state index in [1.807, 2.05) is 6.07 Å². The van der Waals surface area contributed by atoms with Crippen LogP contribution in [0.25, 0.3) is 0 Å². The van der Waals surface area contributed by atoms with E-state index in [4.69, 9.17) is 10.00 Å². The van der Waals surface area contributed by atoms with Gasteiger partial charge in [-0.2, -0.15) is 5.26 Å². The molecule has 0 aliphatic carbocycles. The molecule has 2 aromatic rings. The highest BCUT2D eigenvalue weighted by Gasteiger charge is 2.36. The number of Topliss-reactive ketones (excluding diaryl/α,β-unsaturated/α-hetero) is 1. The molecule has 166 valence electrons. The second-order valence-electron chi connectivity index (χ2n) is 7.26. The van der Waals surface area contributed by atoms with E-state index in [-0.39, 0.29) is 41.0 Å². The number of nitriles is 1. The highest BCUT2D eigenvalue weighted by atomic mass is 32.2. The Labute approximate surface area is 189 Å². The molecule has 0 bridgehead atoms. The second kappa shape index (κ2) is 9.70. The average molecular weight is 455 g/mol. The maximum absolute atomic E-state index is 13.1. The van der Waals surface area contributed by atoms with Crippen LogP contribution < -0.4 is 5.32 Å². The van der Waals surface area contributed by atoms with Gasteiger partial charge in [0.1, 0.15) is 6.04 Å². The predicted molar refractivity (Wildman–Crippen MR) is 118 cm³/mol. The van der Waals surface area contributed by atoms with Gasteiger partial charge in [0.15, 0.2) is 5.78 Å². The van der Waals surface area contributed by atoms with Crippen LogP contribution in [0.1, 0.15) is 44.6 Å². The third-order valence-electron chi connectivity index (χ3n) is 5.18. The minimum Gasteiger partial charge on any atom is -0.465 e. The number of nitrogens with one attached hydrogen (secondary N) is 2. The van der Waals surface area contributed by atoms with Gasteiger partial charge in [-0.15, -0.1) is 11.8 Å². The Bertz CT molecular complexity index is 1120. The molecule has 1 aromatic heterocycles. The normalized spacial score (nSPS) is 15.2. The van der Waals surface area contributed by atoms with Crippen LogP contribution >= 0.6 is 11.8 Å². The van der Waals surface area contributed by atoms with E-state index >= 15 is 0 Å². The number of esters is 1. The van der Waals surface area contributed by atoms with Gasteiger partial charge in [0.25, 0.3) is 0 Å². The standard InChI is InChI=1S/C22H22N4O5S/c1-12-19(22(30)31-3)16(25-20(12)13(2)27)8-18(28)26-11-32-10-17(26)21(29)24-15-6-4-14(9-23)5-7-15/h4-7,17,25H,8,10-11H2,1-3H3,(H,24,29)/t17-/m0/s1. The number of aromatic nitrogens is 1. The zero-order valence-corrected chi connectivity index (χ0v) is 18.7. The molecule has 1 fully saturated rings. The van der Waals surface area contributed by atoms with E-state index in [9.17, 15) is 19.2 Å². The van der Waals surface area contributed by atoms with Crippen molar-refractivity contribution in [2.75, 3.05) is 24.1 Å². The third kappa shape index (κ3) is 4.68. The number of ether oxygens (including phenoxy) is 1. The largest absolute Gasteiger partial charge is 0.465 e. The molecule has 1 aliphatic heterocycles. The number of hydrogen-bond acceptors (Lipinski definition) is 7. The van der Waals surface area contributed by atoms with Crippen molar-refractivity contribution in [2.45, 2.75) is 26.3 Å². The number of aromatic amines is 1. The third-order valence-corrected chi connectivity index (χ3v) is 6.20. The van der Waals surface area contributed by atoms with E-state index in [1.54, 1.807) is 31.2 Å². The van der Waals surface area contributed by atoms with Gasteiger partial charge in [0.2, 0.25) is 11.8 Å². The van der Waals surface area contributed by atoms with E-state index in [0.717, 1.165) is 0 Å². The summed E-state index contributed by atoms with van der Waals surface area (Å²) >= 11 is 1.45. The van der Waals surface area contributed by atoms with Crippen molar-refractivity contribution in [3.63, 3.8) is 0 Å². The Kier molecular flexibility index (Phi) is 7.00. The lowest BCUT2D eigenvalue weighted by Gasteiger charge is -2.23. The number of nitrogens with zero attached hydrogens (tertiary/aromatic N) is 2. The van der Waals surface area contributed by atoms with E-state index in [2.05, 4.69) is 10.3 Å². The minimum absolute atomic E-state index is 0.163. The van der Waals surface area contributed by atoms with Crippen LogP contribution in [0, 0.1) is 18.3 Å². The van der Waals surface area contributed by atoms with Gasteiger partial charge in [0.05, 0.1) is 42.3 Å². The zero-order chi connectivity index (χ0) is 23.4. The van der Waals surface area contributed by atoms with E-state index < -0.39 is 12.0 Å². The van der Waals surface area contributed by atoms with Crippen molar-refractivity contribution in [1.29, 1.82) is 5.26 Å². The number of rotatable bonds is 6. The highest BCUT2D eigenvalue weighted by molar-refractivity contribution is 7.99. The first-order valence-electron chi connectivity index (χ1n) is 9.75. The van der Waals surface area contributed by atoms with Crippen molar-refractivity contribution in [1.82, 2.24) is 9.88 Å². The number of H-pyrrole nitrogens is 1. The fraction of sp³-hybridized carbons (Fsp3) is 0.318. The molecule has 0 spiro atoms. The predicted octanol–water partition coefficient (Wildman–Crippen LogP) is 2.27. The quantitative estimate of drug-likeness (QED) is 0.505. The molecule has 0 radical (unpaired) electrons. The summed E-state index contributed by atoms with van der Waals surface area (Å²) in [6.07, 6.45) is -0.181. The summed E-state index contributed by atoms with van der Waals surface area (Å²) in [6.45, 7) is 2.99. The second-order valence-corrected chi connectivity index (χ2v) is 8.26. The highest BCUT2D eigenvalue weighted by Crippen LogP contribution is 2.26. The lowest BCUT2D eigenvalue weighted by atomic mass is 10.1. The smallest absolute Gasteiger partial charge is 0.339 e. The van der Waals surface area contributed by atoms with Crippen LogP contribution in [0.5, 0.6) is 0 Å². The Morgan fingerprint density at radius 1 is 1.28 bits per heavy atom. The first kappa shape index (κ1) is 23.1. The average Bonchev–Trinajstić information content (AvgIpc) is 3.39. The Balaban J connectivity index is 1.77. The van der Waals surface area contributed by atoms with Crippen molar-refractivity contribution in [2.24, 2.45) is 0 Å². The lowest BCUT2D eigenvalue weighted by molar-refractivity contribution is -0.135. The van der Waals surface area contributed by atoms with Crippen molar-refractivity contribution >= 4 is 41.0 Å². The van der Waals surface area contributed by atoms with E-state index in [0.29, 0.717) is 28.4 Å². The van der Waals surface area contributed by atoms with Crippen molar-refractivity contribution in [3.8, 4) is 6.07 Å². The monoisotopic (exact) mass is 454 g/mol. The summed E-state index contributed by atoms with van der Waals surface area (Å²) in [6, 6.07) is 7.76. The van der Waals surface area contributed by atoms with Gasteiger partial charge in [-0.25, -0.2) is 4.79 Å². The first-order chi connectivity index (χ1) is 15.3. The summed E-state index contributed by atoms with van der Waals surface area (Å²) in [5, 5.41) is 11.7. The molecule has 1 atom stereocenters. The number of thioether (sulfide) groups is 1. The van der Waals surface area contributed by atoms with Crippen molar-refractivity contribution < 1.29 is 23.9 Å². The lowest BCUT2D eigenvalue weighted by Crippen LogP contribution is -2.45. The molecular weight excluding hydrogens is 432 g/mol. The van der Waals surface area contributed by atoms with E-state index in [1.165, 1.54) is 30.7 Å². The molecule has 9 nitrogen and oxygen atoms in total. The van der Waals surface area contributed by atoms with Crippen LogP contribution in [-0.4, -0.2) is 58.2 Å². The number of methoxy groups -OCH3 is 1. The maximum atomic E-state index is 13.1. The van der Waals surface area contributed by atoms with Gasteiger partial charge in [0, 0.05) is 24.1 Å². The van der Waals surface area contributed by atoms with Crippen LogP contribution in [0.4, 0.5) is 5.69 Å². The van der Waals surface area contributed by atoms with Crippen molar-refractivity contribution in [3.05, 3.63) is 52.3 Å². The SMILES string of the molecule is COC(=O)c1c(CC(=O)N2CSC[C@H]2C(=O)Nc2ccc(C#N)cc2)[nH]c(C(C)=O)c1C. The topological polar surface area (TPSA) is 132 Å². The van der Waals surface area contributed by atoms with Crippen LogP contribution in [0.15, 0.2) is 24.3 Å². The van der Waals surface area contributed by atoms with Gasteiger partial charge in [-0.3, -0.25) is 14.4 Å². The number of hydrogen-bond donors (Lipinski definition) is 2. The summed E-state index contributed by atoms with van der Waals surface area (Å²) < 4.78 is 4.82. The van der Waals surface area contributed by atoms with Crippen LogP contribution in [-0.2, 0) is 20.7 Å². The first-order valence-corrected chi connectivity index (χ1v) is 10.9. The number of amides is 2. The van der Waals surface area contributed by atoms with Gasteiger partial charge in [-0.1, -0.05) is 0 Å². The molecule has 1 aliphatic rings. The summed E-state index contributed by atoms with van der Waals surface area (Å²) in [4.78, 5) is 54.3. The maximum Gasteiger partial charge on any atom is 0.339 e. The summed E-state index contributed by atoms with van der Waals surface area (Å²) in [7, 11) is 1.23. The number of carbonyl (C=O) groups excluding carboxylic acids is 4. The molecular formula is C22H22N4O5S. The molecule has 32 heavy (non-hydrogen) atoms. The molecule has 2 heterocycles. The fourth-order valence-corrected chi connectivity index (χ4v) is 4.71. The van der Waals surface area contributed by atoms with Crippen LogP contribution in [0.3, 0.4) is 0 Å². The molecule has 1 saturated heterocycles.